The van der Waals surface area contributed by atoms with E-state index in [1.165, 1.54) is 0 Å². The van der Waals surface area contributed by atoms with Crippen LogP contribution < -0.4 is 10.9 Å². The molecular weight excluding hydrogens is 240 g/mol. The van der Waals surface area contributed by atoms with E-state index in [0.29, 0.717) is 12.5 Å². The van der Waals surface area contributed by atoms with Crippen LogP contribution in [-0.2, 0) is 6.42 Å². The fraction of sp³-hybridized carbons (Fsp3) is 0.600. The highest BCUT2D eigenvalue weighted by Gasteiger charge is 2.13. The molecule has 1 heterocycles. The monoisotopic (exact) mass is 264 g/mol. The number of pyridine rings is 1. The fourth-order valence-electron chi connectivity index (χ4n) is 2.11. The summed E-state index contributed by atoms with van der Waals surface area (Å²) in [5, 5.41) is 2.85. The number of nitrogens with one attached hydrogen (secondary N) is 2. The van der Waals surface area contributed by atoms with E-state index >= 15 is 0 Å². The van der Waals surface area contributed by atoms with E-state index in [-0.39, 0.29) is 17.0 Å². The molecule has 106 valence electrons. The predicted molar refractivity (Wildman–Crippen MR) is 77.6 cm³/mol. The van der Waals surface area contributed by atoms with Crippen LogP contribution in [0.3, 0.4) is 0 Å². The Morgan fingerprint density at radius 3 is 2.47 bits per heavy atom. The Hall–Kier alpha value is -1.58. The molecule has 0 aliphatic carbocycles. The van der Waals surface area contributed by atoms with E-state index in [2.05, 4.69) is 24.1 Å². The average Bonchev–Trinajstić information content (AvgIpc) is 2.39. The van der Waals surface area contributed by atoms with Crippen molar-refractivity contribution >= 4 is 5.91 Å². The van der Waals surface area contributed by atoms with Gasteiger partial charge in [0.1, 0.15) is 5.56 Å². The molecule has 0 aliphatic rings. The number of carbonyl (C=O) groups is 1. The highest BCUT2D eigenvalue weighted by molar-refractivity contribution is 5.94. The van der Waals surface area contributed by atoms with Crippen LogP contribution in [-0.4, -0.2) is 17.4 Å². The lowest BCUT2D eigenvalue weighted by Gasteiger charge is -2.13. The number of aromatic nitrogens is 1. The van der Waals surface area contributed by atoms with Crippen LogP contribution >= 0.6 is 0 Å². The average molecular weight is 264 g/mol. The molecule has 0 atom stereocenters. The van der Waals surface area contributed by atoms with Crippen molar-refractivity contribution in [2.45, 2.75) is 47.0 Å². The Morgan fingerprint density at radius 1 is 1.32 bits per heavy atom. The van der Waals surface area contributed by atoms with Crippen LogP contribution in [0.25, 0.3) is 0 Å². The third kappa shape index (κ3) is 3.94. The smallest absolute Gasteiger partial charge is 0.261 e. The molecule has 4 heteroatoms. The van der Waals surface area contributed by atoms with Crippen LogP contribution in [0.4, 0.5) is 0 Å². The van der Waals surface area contributed by atoms with Crippen molar-refractivity contribution in [2.24, 2.45) is 5.92 Å². The number of aromatic amines is 1. The maximum absolute atomic E-state index is 12.1. The molecule has 1 amide bonds. The number of H-pyrrole nitrogens is 1. The van der Waals surface area contributed by atoms with Gasteiger partial charge in [-0.3, -0.25) is 9.59 Å². The van der Waals surface area contributed by atoms with Crippen LogP contribution in [0.1, 0.15) is 55.2 Å². The van der Waals surface area contributed by atoms with Gasteiger partial charge in [0.25, 0.3) is 11.5 Å². The first-order valence-corrected chi connectivity index (χ1v) is 7.04. The summed E-state index contributed by atoms with van der Waals surface area (Å²) in [5.41, 5.74) is 1.75. The molecule has 19 heavy (non-hydrogen) atoms. The van der Waals surface area contributed by atoms with Gasteiger partial charge >= 0.3 is 0 Å². The van der Waals surface area contributed by atoms with Crippen molar-refractivity contribution in [3.8, 4) is 0 Å². The zero-order valence-corrected chi connectivity index (χ0v) is 12.3. The van der Waals surface area contributed by atoms with E-state index in [0.717, 1.165) is 30.5 Å². The molecule has 0 bridgehead atoms. The van der Waals surface area contributed by atoms with Gasteiger partial charge in [-0.1, -0.05) is 33.6 Å². The lowest BCUT2D eigenvalue weighted by atomic mass is 10.0. The molecule has 0 spiro atoms. The Bertz CT molecular complexity index is 487. The molecule has 2 N–H and O–H groups in total. The van der Waals surface area contributed by atoms with Crippen LogP contribution in [0.15, 0.2) is 10.9 Å². The summed E-state index contributed by atoms with van der Waals surface area (Å²) in [4.78, 5) is 26.6. The predicted octanol–water partition coefficient (Wildman–Crippen LogP) is 2.41. The number of rotatable bonds is 6. The summed E-state index contributed by atoms with van der Waals surface area (Å²) in [6, 6.07) is 1.70. The number of hydrogen-bond acceptors (Lipinski definition) is 2. The van der Waals surface area contributed by atoms with E-state index < -0.39 is 0 Å². The van der Waals surface area contributed by atoms with Crippen molar-refractivity contribution in [2.75, 3.05) is 6.54 Å². The molecule has 0 radical (unpaired) electrons. The molecule has 4 nitrogen and oxygen atoms in total. The summed E-state index contributed by atoms with van der Waals surface area (Å²) >= 11 is 0. The van der Waals surface area contributed by atoms with Gasteiger partial charge in [-0.25, -0.2) is 0 Å². The normalized spacial score (nSPS) is 10.8. The molecule has 0 saturated carbocycles. The van der Waals surface area contributed by atoms with Gasteiger partial charge in [0.2, 0.25) is 0 Å². The maximum Gasteiger partial charge on any atom is 0.261 e. The van der Waals surface area contributed by atoms with Gasteiger partial charge < -0.3 is 10.3 Å². The minimum Gasteiger partial charge on any atom is -0.352 e. The Morgan fingerprint density at radius 2 is 1.95 bits per heavy atom. The third-order valence-corrected chi connectivity index (χ3v) is 3.68. The number of carbonyl (C=O) groups excluding carboxylic acids is 1. The summed E-state index contributed by atoms with van der Waals surface area (Å²) in [7, 11) is 0. The number of hydrogen-bond donors (Lipinski definition) is 2. The Kier molecular flexibility index (Phi) is 5.80. The summed E-state index contributed by atoms with van der Waals surface area (Å²) in [5.74, 6) is 0.196. The Balaban J connectivity index is 2.85. The molecule has 0 saturated heterocycles. The lowest BCUT2D eigenvalue weighted by molar-refractivity contribution is 0.0945. The third-order valence-electron chi connectivity index (χ3n) is 3.68. The zero-order chi connectivity index (χ0) is 14.4. The molecule has 0 aliphatic heterocycles. The van der Waals surface area contributed by atoms with Gasteiger partial charge in [-0.05, 0) is 30.9 Å². The van der Waals surface area contributed by atoms with Crippen LogP contribution in [0.2, 0.25) is 0 Å². The molecule has 0 unspecified atom stereocenters. The minimum atomic E-state index is -0.309. The largest absolute Gasteiger partial charge is 0.352 e. The van der Waals surface area contributed by atoms with Gasteiger partial charge in [0.15, 0.2) is 0 Å². The van der Waals surface area contributed by atoms with Crippen LogP contribution in [0, 0.1) is 12.8 Å². The van der Waals surface area contributed by atoms with E-state index in [4.69, 9.17) is 0 Å². The second kappa shape index (κ2) is 7.12. The van der Waals surface area contributed by atoms with Crippen molar-refractivity contribution in [1.82, 2.24) is 10.3 Å². The molecule has 1 aromatic rings. The van der Waals surface area contributed by atoms with Gasteiger partial charge in [-0.2, -0.15) is 0 Å². The molecule has 1 rings (SSSR count). The van der Waals surface area contributed by atoms with Crippen molar-refractivity contribution in [3.63, 3.8) is 0 Å². The van der Waals surface area contributed by atoms with Gasteiger partial charge in [-0.15, -0.1) is 0 Å². The first kappa shape index (κ1) is 15.5. The minimum absolute atomic E-state index is 0.216. The first-order valence-electron chi connectivity index (χ1n) is 7.04. The SMILES string of the molecule is CCc1cc(C(=O)NCC(CC)CC)c(=O)[nH]c1C. The molecular formula is C15H24N2O2. The quantitative estimate of drug-likeness (QED) is 0.829. The Labute approximate surface area is 114 Å². The van der Waals surface area contributed by atoms with Gasteiger partial charge in [0, 0.05) is 12.2 Å². The summed E-state index contributed by atoms with van der Waals surface area (Å²) < 4.78 is 0. The van der Waals surface area contributed by atoms with E-state index in [1.807, 2.05) is 13.8 Å². The van der Waals surface area contributed by atoms with Crippen molar-refractivity contribution in [1.29, 1.82) is 0 Å². The van der Waals surface area contributed by atoms with E-state index in [9.17, 15) is 9.59 Å². The maximum atomic E-state index is 12.1. The number of amides is 1. The topological polar surface area (TPSA) is 62.0 Å². The van der Waals surface area contributed by atoms with Crippen molar-refractivity contribution < 1.29 is 4.79 Å². The summed E-state index contributed by atoms with van der Waals surface area (Å²) in [6.45, 7) is 8.70. The first-order chi connectivity index (χ1) is 9.03. The molecule has 0 fully saturated rings. The lowest BCUT2D eigenvalue weighted by Crippen LogP contribution is -2.33. The summed E-state index contributed by atoms with van der Waals surface area (Å²) in [6.07, 6.45) is 2.86. The highest BCUT2D eigenvalue weighted by atomic mass is 16.2. The number of aryl methyl sites for hydroxylation is 2. The zero-order valence-electron chi connectivity index (χ0n) is 12.3. The van der Waals surface area contributed by atoms with E-state index in [1.54, 1.807) is 6.07 Å². The standard InChI is InChI=1S/C15H24N2O2/c1-5-11(6-2)9-16-14(18)13-8-12(7-3)10(4)17-15(13)19/h8,11H,5-7,9H2,1-4H3,(H,16,18)(H,17,19). The van der Waals surface area contributed by atoms with Crippen LogP contribution in [0.5, 0.6) is 0 Å². The van der Waals surface area contributed by atoms with Gasteiger partial charge in [0.05, 0.1) is 0 Å². The van der Waals surface area contributed by atoms with Crippen molar-refractivity contribution in [3.05, 3.63) is 33.2 Å². The molecule has 0 aromatic carbocycles. The molecule has 1 aromatic heterocycles. The second-order valence-electron chi connectivity index (χ2n) is 4.91. The fourth-order valence-corrected chi connectivity index (χ4v) is 2.11. The second-order valence-corrected chi connectivity index (χ2v) is 4.91. The highest BCUT2D eigenvalue weighted by Crippen LogP contribution is 2.07.